The fourth-order valence-corrected chi connectivity index (χ4v) is 3.10. The van der Waals surface area contributed by atoms with Crippen LogP contribution in [0.25, 0.3) is 10.8 Å². The Morgan fingerprint density at radius 2 is 2.00 bits per heavy atom. The molecule has 0 amide bonds. The van der Waals surface area contributed by atoms with E-state index in [1.54, 1.807) is 0 Å². The van der Waals surface area contributed by atoms with Gasteiger partial charge < -0.3 is 10.1 Å². The summed E-state index contributed by atoms with van der Waals surface area (Å²) in [6.45, 7) is 3.98. The first-order chi connectivity index (χ1) is 10.3. The van der Waals surface area contributed by atoms with Crippen LogP contribution < -0.4 is 5.32 Å². The molecule has 1 N–H and O–H groups in total. The van der Waals surface area contributed by atoms with Crippen molar-refractivity contribution in [1.82, 2.24) is 5.32 Å². The van der Waals surface area contributed by atoms with Crippen LogP contribution in [0.2, 0.25) is 0 Å². The normalized spacial score (nSPS) is 15.8. The van der Waals surface area contributed by atoms with E-state index in [1.165, 1.54) is 16.3 Å². The second-order valence-electron chi connectivity index (χ2n) is 5.38. The first-order valence-corrected chi connectivity index (χ1v) is 8.32. The smallest absolute Gasteiger partial charge is 0.114 e. The van der Waals surface area contributed by atoms with E-state index in [-0.39, 0.29) is 6.04 Å². The van der Waals surface area contributed by atoms with Gasteiger partial charge >= 0.3 is 0 Å². The van der Waals surface area contributed by atoms with Crippen molar-refractivity contribution in [3.8, 4) is 0 Å². The Bertz CT molecular complexity index is 665. The summed E-state index contributed by atoms with van der Waals surface area (Å²) in [5.74, 6) is 1.07. The molecule has 110 valence electrons. The van der Waals surface area contributed by atoms with E-state index in [9.17, 15) is 0 Å². The van der Waals surface area contributed by atoms with Gasteiger partial charge in [0.2, 0.25) is 0 Å². The first kappa shape index (κ1) is 14.6. The molecule has 1 aliphatic heterocycles. The van der Waals surface area contributed by atoms with Gasteiger partial charge in [-0.15, -0.1) is 0 Å². The zero-order valence-corrected chi connectivity index (χ0v) is 13.8. The molecule has 1 atom stereocenters. The summed E-state index contributed by atoms with van der Waals surface area (Å²) in [4.78, 5) is 0. The van der Waals surface area contributed by atoms with Gasteiger partial charge in [-0.1, -0.05) is 41.1 Å². The molecule has 0 spiro atoms. The topological polar surface area (TPSA) is 21.3 Å². The maximum atomic E-state index is 5.79. The molecule has 0 bridgehead atoms. The largest absolute Gasteiger partial charge is 0.496 e. The maximum Gasteiger partial charge on any atom is 0.114 e. The molecule has 0 saturated heterocycles. The lowest BCUT2D eigenvalue weighted by atomic mass is 10.00. The van der Waals surface area contributed by atoms with Gasteiger partial charge in [-0.05, 0) is 53.6 Å². The second kappa shape index (κ2) is 6.63. The molecule has 0 saturated carbocycles. The number of hydrogen-bond acceptors (Lipinski definition) is 2. The molecule has 3 rings (SSSR count). The third-order valence-electron chi connectivity index (χ3n) is 3.77. The van der Waals surface area contributed by atoms with Gasteiger partial charge in [-0.3, -0.25) is 0 Å². The molecule has 1 aliphatic rings. The van der Waals surface area contributed by atoms with E-state index in [0.29, 0.717) is 0 Å². The Labute approximate surface area is 134 Å². The summed E-state index contributed by atoms with van der Waals surface area (Å²) in [5.41, 5.74) is 1.27. The highest BCUT2D eigenvalue weighted by atomic mass is 79.9. The highest BCUT2D eigenvalue weighted by Gasteiger charge is 2.20. The SMILES string of the molecule is CCCNC(C1=CCCO1)c1ccc2cc(Br)ccc2c1. The first-order valence-electron chi connectivity index (χ1n) is 7.53. The second-order valence-corrected chi connectivity index (χ2v) is 6.30. The molecule has 21 heavy (non-hydrogen) atoms. The van der Waals surface area contributed by atoms with E-state index in [4.69, 9.17) is 4.74 Å². The van der Waals surface area contributed by atoms with Gasteiger partial charge in [0.1, 0.15) is 5.76 Å². The average molecular weight is 346 g/mol. The van der Waals surface area contributed by atoms with E-state index in [1.807, 2.05) is 0 Å². The molecule has 3 heteroatoms. The highest BCUT2D eigenvalue weighted by Crippen LogP contribution is 2.29. The summed E-state index contributed by atoms with van der Waals surface area (Å²) in [6.07, 6.45) is 4.34. The Morgan fingerprint density at radius 1 is 1.19 bits per heavy atom. The predicted molar refractivity (Wildman–Crippen MR) is 91.3 cm³/mol. The van der Waals surface area contributed by atoms with E-state index in [0.717, 1.165) is 36.2 Å². The summed E-state index contributed by atoms with van der Waals surface area (Å²) in [6, 6.07) is 13.2. The Kier molecular flexibility index (Phi) is 4.61. The minimum Gasteiger partial charge on any atom is -0.496 e. The number of hydrogen-bond donors (Lipinski definition) is 1. The van der Waals surface area contributed by atoms with Crippen LogP contribution in [0.4, 0.5) is 0 Å². The fraction of sp³-hybridized carbons (Fsp3) is 0.333. The Hall–Kier alpha value is -1.32. The number of halogens is 1. The van der Waals surface area contributed by atoms with Crippen molar-refractivity contribution in [3.05, 3.63) is 58.3 Å². The van der Waals surface area contributed by atoms with Crippen molar-refractivity contribution in [3.63, 3.8) is 0 Å². The monoisotopic (exact) mass is 345 g/mol. The van der Waals surface area contributed by atoms with Crippen LogP contribution >= 0.6 is 15.9 Å². The summed E-state index contributed by atoms with van der Waals surface area (Å²) >= 11 is 3.53. The lowest BCUT2D eigenvalue weighted by Crippen LogP contribution is -2.24. The van der Waals surface area contributed by atoms with Crippen molar-refractivity contribution in [2.75, 3.05) is 13.2 Å². The number of benzene rings is 2. The Balaban J connectivity index is 1.96. The lowest BCUT2D eigenvalue weighted by Gasteiger charge is -2.20. The van der Waals surface area contributed by atoms with Crippen molar-refractivity contribution >= 4 is 26.7 Å². The Morgan fingerprint density at radius 3 is 2.76 bits per heavy atom. The molecule has 2 aromatic carbocycles. The van der Waals surface area contributed by atoms with Crippen molar-refractivity contribution < 1.29 is 4.74 Å². The standard InChI is InChI=1S/C18H20BrNO/c1-2-9-20-18(17-4-3-10-21-17)15-6-5-14-12-16(19)8-7-13(14)11-15/h4-8,11-12,18,20H,2-3,9-10H2,1H3. The minimum atomic E-state index is 0.167. The van der Waals surface area contributed by atoms with Crippen LogP contribution in [-0.4, -0.2) is 13.2 Å². The van der Waals surface area contributed by atoms with Gasteiger partial charge in [-0.25, -0.2) is 0 Å². The molecule has 2 nitrogen and oxygen atoms in total. The fourth-order valence-electron chi connectivity index (χ4n) is 2.72. The van der Waals surface area contributed by atoms with Crippen molar-refractivity contribution in [2.24, 2.45) is 0 Å². The van der Waals surface area contributed by atoms with Crippen LogP contribution in [0.15, 0.2) is 52.7 Å². The quantitative estimate of drug-likeness (QED) is 0.827. The molecular weight excluding hydrogens is 326 g/mol. The molecule has 1 heterocycles. The van der Waals surface area contributed by atoms with Gasteiger partial charge in [0.05, 0.1) is 12.6 Å². The lowest BCUT2D eigenvalue weighted by molar-refractivity contribution is 0.215. The zero-order valence-electron chi connectivity index (χ0n) is 12.2. The van der Waals surface area contributed by atoms with E-state index < -0.39 is 0 Å². The van der Waals surface area contributed by atoms with Crippen LogP contribution in [-0.2, 0) is 4.74 Å². The number of ether oxygens (including phenoxy) is 1. The molecule has 0 fully saturated rings. The number of fused-ring (bicyclic) bond motifs is 1. The maximum absolute atomic E-state index is 5.79. The van der Waals surface area contributed by atoms with Crippen LogP contribution in [0.1, 0.15) is 31.4 Å². The van der Waals surface area contributed by atoms with Crippen LogP contribution in [0.3, 0.4) is 0 Å². The van der Waals surface area contributed by atoms with Gasteiger partial charge in [0.25, 0.3) is 0 Å². The van der Waals surface area contributed by atoms with E-state index in [2.05, 4.69) is 70.6 Å². The number of rotatable bonds is 5. The summed E-state index contributed by atoms with van der Waals surface area (Å²) < 4.78 is 6.90. The van der Waals surface area contributed by atoms with Crippen LogP contribution in [0.5, 0.6) is 0 Å². The molecule has 1 unspecified atom stereocenters. The molecule has 0 aromatic heterocycles. The van der Waals surface area contributed by atoms with Gasteiger partial charge in [0.15, 0.2) is 0 Å². The molecule has 0 radical (unpaired) electrons. The minimum absolute atomic E-state index is 0.167. The summed E-state index contributed by atoms with van der Waals surface area (Å²) in [5, 5.41) is 6.12. The van der Waals surface area contributed by atoms with Crippen molar-refractivity contribution in [2.45, 2.75) is 25.8 Å². The molecule has 2 aromatic rings. The predicted octanol–water partition coefficient (Wildman–Crippen LogP) is 4.95. The zero-order chi connectivity index (χ0) is 14.7. The third-order valence-corrected chi connectivity index (χ3v) is 4.27. The van der Waals surface area contributed by atoms with Crippen molar-refractivity contribution in [1.29, 1.82) is 0 Å². The van der Waals surface area contributed by atoms with Gasteiger partial charge in [0, 0.05) is 10.9 Å². The van der Waals surface area contributed by atoms with Gasteiger partial charge in [-0.2, -0.15) is 0 Å². The van der Waals surface area contributed by atoms with E-state index >= 15 is 0 Å². The molecular formula is C18H20BrNO. The average Bonchev–Trinajstić information content (AvgIpc) is 3.02. The summed E-state index contributed by atoms with van der Waals surface area (Å²) in [7, 11) is 0. The number of nitrogens with one attached hydrogen (secondary N) is 1. The third kappa shape index (κ3) is 3.30. The molecule has 0 aliphatic carbocycles. The highest BCUT2D eigenvalue weighted by molar-refractivity contribution is 9.10. The van der Waals surface area contributed by atoms with Crippen LogP contribution in [0, 0.1) is 0 Å².